The average molecular weight is 466 g/mol. The number of alkyl halides is 3. The van der Waals surface area contributed by atoms with Crippen molar-refractivity contribution in [1.29, 1.82) is 0 Å². The molecule has 0 aliphatic heterocycles. The second-order valence-corrected chi connectivity index (χ2v) is 7.04. The summed E-state index contributed by atoms with van der Waals surface area (Å²) >= 11 is 5.69. The van der Waals surface area contributed by atoms with Crippen LogP contribution in [0, 0.1) is 0 Å². The molecule has 0 spiro atoms. The van der Waals surface area contributed by atoms with Gasteiger partial charge < -0.3 is 19.5 Å². The summed E-state index contributed by atoms with van der Waals surface area (Å²) < 4.78 is 56.3. The van der Waals surface area contributed by atoms with E-state index in [1.807, 2.05) is 0 Å². The van der Waals surface area contributed by atoms with Gasteiger partial charge in [0, 0.05) is 16.1 Å². The topological polar surface area (TPSA) is 56.8 Å². The standard InChI is InChI=1S/C23H19ClF3NO4/c1-30-19-10-7-14(11-15(19)13-32-21-6-4-3-5-20(21)31-2)22(29)28-18-9-8-16(24)12-17(18)23(25,26)27/h3-12H,13H2,1-2H3,(H,28,29). The summed E-state index contributed by atoms with van der Waals surface area (Å²) in [5.74, 6) is 0.753. The molecule has 3 rings (SSSR count). The van der Waals surface area contributed by atoms with E-state index in [-0.39, 0.29) is 17.2 Å². The third kappa shape index (κ3) is 5.45. The van der Waals surface area contributed by atoms with Gasteiger partial charge in [0.1, 0.15) is 12.4 Å². The van der Waals surface area contributed by atoms with Crippen LogP contribution in [0.2, 0.25) is 5.02 Å². The van der Waals surface area contributed by atoms with Gasteiger partial charge in [-0.3, -0.25) is 4.79 Å². The van der Waals surface area contributed by atoms with Crippen molar-refractivity contribution in [3.8, 4) is 17.2 Å². The van der Waals surface area contributed by atoms with Crippen molar-refractivity contribution in [2.75, 3.05) is 19.5 Å². The number of anilines is 1. The van der Waals surface area contributed by atoms with Gasteiger partial charge in [0.25, 0.3) is 5.91 Å². The van der Waals surface area contributed by atoms with Crippen molar-refractivity contribution in [2.24, 2.45) is 0 Å². The molecule has 0 atom stereocenters. The molecular formula is C23H19ClF3NO4. The third-order valence-electron chi connectivity index (χ3n) is 4.53. The molecule has 0 saturated carbocycles. The number of ether oxygens (including phenoxy) is 3. The van der Waals surface area contributed by atoms with Crippen molar-refractivity contribution >= 4 is 23.2 Å². The summed E-state index contributed by atoms with van der Waals surface area (Å²) in [6.45, 7) is 0.0411. The Morgan fingerprint density at radius 1 is 0.938 bits per heavy atom. The Morgan fingerprint density at radius 3 is 2.28 bits per heavy atom. The summed E-state index contributed by atoms with van der Waals surface area (Å²) in [7, 11) is 2.98. The molecule has 32 heavy (non-hydrogen) atoms. The Bertz CT molecular complexity index is 1120. The fourth-order valence-electron chi connectivity index (χ4n) is 2.98. The summed E-state index contributed by atoms with van der Waals surface area (Å²) in [6, 6.07) is 14.7. The molecular weight excluding hydrogens is 447 g/mol. The van der Waals surface area contributed by atoms with Crippen LogP contribution in [0.15, 0.2) is 60.7 Å². The first-order valence-corrected chi connectivity index (χ1v) is 9.71. The van der Waals surface area contributed by atoms with Crippen LogP contribution in [0.4, 0.5) is 18.9 Å². The smallest absolute Gasteiger partial charge is 0.418 e. The zero-order chi connectivity index (χ0) is 23.3. The van der Waals surface area contributed by atoms with Crippen LogP contribution in [-0.2, 0) is 12.8 Å². The second-order valence-electron chi connectivity index (χ2n) is 6.61. The highest BCUT2D eigenvalue weighted by Crippen LogP contribution is 2.37. The molecule has 0 fully saturated rings. The quantitative estimate of drug-likeness (QED) is 0.451. The molecule has 1 N–H and O–H groups in total. The number of amides is 1. The highest BCUT2D eigenvalue weighted by molar-refractivity contribution is 6.30. The van der Waals surface area contributed by atoms with E-state index >= 15 is 0 Å². The second kappa shape index (κ2) is 9.82. The third-order valence-corrected chi connectivity index (χ3v) is 4.77. The predicted octanol–water partition coefficient (Wildman–Crippen LogP) is 6.21. The van der Waals surface area contributed by atoms with E-state index in [0.29, 0.717) is 22.8 Å². The molecule has 0 aliphatic carbocycles. The SMILES string of the molecule is COc1ccc(C(=O)Nc2ccc(Cl)cc2C(F)(F)F)cc1COc1ccccc1OC. The van der Waals surface area contributed by atoms with Crippen LogP contribution >= 0.6 is 11.6 Å². The van der Waals surface area contributed by atoms with Crippen LogP contribution in [-0.4, -0.2) is 20.1 Å². The number of hydrogen-bond acceptors (Lipinski definition) is 4. The summed E-state index contributed by atoms with van der Waals surface area (Å²) in [6.07, 6.45) is -4.68. The predicted molar refractivity (Wildman–Crippen MR) is 115 cm³/mol. The van der Waals surface area contributed by atoms with Gasteiger partial charge in [-0.2, -0.15) is 13.2 Å². The maximum Gasteiger partial charge on any atom is 0.418 e. The molecule has 0 radical (unpaired) electrons. The zero-order valence-corrected chi connectivity index (χ0v) is 17.9. The fraction of sp³-hybridized carbons (Fsp3) is 0.174. The Hall–Kier alpha value is -3.39. The number of rotatable bonds is 7. The number of nitrogens with one attached hydrogen (secondary N) is 1. The molecule has 5 nitrogen and oxygen atoms in total. The first-order valence-electron chi connectivity index (χ1n) is 9.33. The maximum absolute atomic E-state index is 13.3. The molecule has 0 heterocycles. The minimum atomic E-state index is -4.68. The van der Waals surface area contributed by atoms with E-state index in [1.54, 1.807) is 30.3 Å². The van der Waals surface area contributed by atoms with Gasteiger partial charge in [-0.1, -0.05) is 23.7 Å². The van der Waals surface area contributed by atoms with Crippen molar-refractivity contribution in [3.63, 3.8) is 0 Å². The lowest BCUT2D eigenvalue weighted by atomic mass is 10.1. The molecule has 0 aromatic heterocycles. The highest BCUT2D eigenvalue weighted by atomic mass is 35.5. The minimum absolute atomic E-state index is 0.0411. The summed E-state index contributed by atoms with van der Waals surface area (Å²) in [5, 5.41) is 2.21. The lowest BCUT2D eigenvalue weighted by Crippen LogP contribution is -2.17. The van der Waals surface area contributed by atoms with Crippen LogP contribution < -0.4 is 19.5 Å². The van der Waals surface area contributed by atoms with E-state index in [9.17, 15) is 18.0 Å². The van der Waals surface area contributed by atoms with Crippen molar-refractivity contribution < 1.29 is 32.2 Å². The van der Waals surface area contributed by atoms with Gasteiger partial charge in [0.2, 0.25) is 0 Å². The molecule has 1 amide bonds. The minimum Gasteiger partial charge on any atom is -0.496 e. The van der Waals surface area contributed by atoms with E-state index in [1.165, 1.54) is 32.4 Å². The number of carbonyl (C=O) groups excluding carboxylic acids is 1. The molecule has 3 aromatic carbocycles. The number of methoxy groups -OCH3 is 2. The van der Waals surface area contributed by atoms with Crippen molar-refractivity contribution in [1.82, 2.24) is 0 Å². The Kier molecular flexibility index (Phi) is 7.15. The fourth-order valence-corrected chi connectivity index (χ4v) is 3.15. The number of halogens is 4. The largest absolute Gasteiger partial charge is 0.496 e. The van der Waals surface area contributed by atoms with Crippen LogP contribution in [0.1, 0.15) is 21.5 Å². The molecule has 0 unspecified atom stereocenters. The Balaban J connectivity index is 1.84. The van der Waals surface area contributed by atoms with Crippen molar-refractivity contribution in [2.45, 2.75) is 12.8 Å². The van der Waals surface area contributed by atoms with E-state index in [0.717, 1.165) is 12.1 Å². The van der Waals surface area contributed by atoms with Gasteiger partial charge in [-0.25, -0.2) is 0 Å². The van der Waals surface area contributed by atoms with Crippen LogP contribution in [0.5, 0.6) is 17.2 Å². The average Bonchev–Trinajstić information content (AvgIpc) is 2.78. The van der Waals surface area contributed by atoms with E-state index in [4.69, 9.17) is 25.8 Å². The van der Waals surface area contributed by atoms with Gasteiger partial charge in [0.05, 0.1) is 25.5 Å². The summed E-state index contributed by atoms with van der Waals surface area (Å²) in [5.41, 5.74) is -0.771. The van der Waals surface area contributed by atoms with Gasteiger partial charge >= 0.3 is 6.18 Å². The molecule has 9 heteroatoms. The first-order chi connectivity index (χ1) is 15.2. The first kappa shape index (κ1) is 23.3. The normalized spacial score (nSPS) is 11.1. The van der Waals surface area contributed by atoms with Gasteiger partial charge in [-0.15, -0.1) is 0 Å². The lowest BCUT2D eigenvalue weighted by molar-refractivity contribution is -0.136. The Morgan fingerprint density at radius 2 is 1.62 bits per heavy atom. The van der Waals surface area contributed by atoms with Crippen molar-refractivity contribution in [3.05, 3.63) is 82.4 Å². The van der Waals surface area contributed by atoms with Gasteiger partial charge in [0.15, 0.2) is 11.5 Å². The lowest BCUT2D eigenvalue weighted by Gasteiger charge is -2.16. The number of carbonyl (C=O) groups is 1. The highest BCUT2D eigenvalue weighted by Gasteiger charge is 2.34. The number of benzene rings is 3. The monoisotopic (exact) mass is 465 g/mol. The molecule has 0 saturated heterocycles. The van der Waals surface area contributed by atoms with E-state index < -0.39 is 23.3 Å². The molecule has 0 aliphatic rings. The maximum atomic E-state index is 13.3. The van der Waals surface area contributed by atoms with E-state index in [2.05, 4.69) is 5.32 Å². The summed E-state index contributed by atoms with van der Waals surface area (Å²) in [4.78, 5) is 12.7. The molecule has 0 bridgehead atoms. The van der Waals surface area contributed by atoms with Gasteiger partial charge in [-0.05, 0) is 48.5 Å². The zero-order valence-electron chi connectivity index (χ0n) is 17.1. The van der Waals surface area contributed by atoms with Crippen LogP contribution in [0.25, 0.3) is 0 Å². The number of hydrogen-bond donors (Lipinski definition) is 1. The molecule has 3 aromatic rings. The Labute approximate surface area is 187 Å². The molecule has 168 valence electrons. The van der Waals surface area contributed by atoms with Crippen LogP contribution in [0.3, 0.4) is 0 Å². The number of para-hydroxylation sites is 2.